The van der Waals surface area contributed by atoms with Gasteiger partial charge >= 0.3 is 15.2 Å². The summed E-state index contributed by atoms with van der Waals surface area (Å²) in [5.74, 6) is 0. The van der Waals surface area contributed by atoms with E-state index in [2.05, 4.69) is 0 Å². The van der Waals surface area contributed by atoms with Crippen LogP contribution in [0.3, 0.4) is 0 Å². The van der Waals surface area contributed by atoms with E-state index in [4.69, 9.17) is 19.6 Å². The second-order valence-electron chi connectivity index (χ2n) is 3.30. The Morgan fingerprint density at radius 1 is 0.900 bits per heavy atom. The third-order valence-electron chi connectivity index (χ3n) is 1.88. The predicted octanol–water partition coefficient (Wildman–Crippen LogP) is 1.38. The van der Waals surface area contributed by atoms with Crippen molar-refractivity contribution in [1.29, 1.82) is 0 Å². The van der Waals surface area contributed by atoms with Crippen LogP contribution in [0.15, 0.2) is 34.1 Å². The molecule has 12 heteroatoms. The number of rotatable bonds is 5. The van der Waals surface area contributed by atoms with Crippen LogP contribution in [0, 0.1) is 0 Å². The molecule has 1 rings (SSSR count). The number of hydrogen-bond acceptors (Lipinski definition) is 4. The molecule has 6 nitrogen and oxygen atoms in total. The van der Waals surface area contributed by atoms with Crippen LogP contribution < -0.4 is 0 Å². The van der Waals surface area contributed by atoms with Gasteiger partial charge in [-0.3, -0.25) is 9.13 Å². The summed E-state index contributed by atoms with van der Waals surface area (Å²) in [7, 11) is -9.77. The second kappa shape index (κ2) is 10.2. The molecule has 0 fully saturated rings. The Morgan fingerprint density at radius 3 is 1.55 bits per heavy atom. The van der Waals surface area contributed by atoms with E-state index in [-0.39, 0.29) is 59.1 Å². The maximum absolute atomic E-state index is 11.1. The van der Waals surface area contributed by atoms with E-state index in [1.807, 2.05) is 6.26 Å². The molecule has 2 radical (unpaired) electrons. The Kier molecular flexibility index (Phi) is 12.4. The van der Waals surface area contributed by atoms with Gasteiger partial charge in [0, 0.05) is 68.9 Å². The quantitative estimate of drug-likeness (QED) is 0.346. The second-order valence-corrected chi connectivity index (χ2v) is 9.85. The summed E-state index contributed by atoms with van der Waals surface area (Å²) in [4.78, 5) is 37.2. The molecular weight excluding hydrogens is 364 g/mol. The van der Waals surface area contributed by atoms with Crippen molar-refractivity contribution >= 4 is 97.8 Å². The maximum atomic E-state index is 11.1. The molecule has 1 aromatic carbocycles. The molecule has 20 heavy (non-hydrogen) atoms. The molecule has 0 aliphatic heterocycles. The van der Waals surface area contributed by atoms with Gasteiger partial charge in [0.15, 0.2) is 0 Å². The summed E-state index contributed by atoms with van der Waals surface area (Å²) in [6.45, 7) is 0. The number of benzene rings is 1. The van der Waals surface area contributed by atoms with Gasteiger partial charge in [0.05, 0.1) is 0 Å². The zero-order chi connectivity index (χ0) is 14.0. The average molecular weight is 376 g/mol. The van der Waals surface area contributed by atoms with Crippen molar-refractivity contribution in [2.24, 2.45) is 0 Å². The van der Waals surface area contributed by atoms with Gasteiger partial charge in [0.2, 0.25) is 4.73 Å². The van der Waals surface area contributed by atoms with Gasteiger partial charge in [-0.05, 0) is 30.5 Å². The number of thioether (sulfide) groups is 2. The Balaban J connectivity index is 0. The van der Waals surface area contributed by atoms with Crippen molar-refractivity contribution in [1.82, 2.24) is 0 Å². The first kappa shape index (κ1) is 24.5. The summed E-state index contributed by atoms with van der Waals surface area (Å²) in [6.07, 6.45) is 1.87. The molecule has 0 amide bonds. The Hall–Kier alpha value is 2.22. The van der Waals surface area contributed by atoms with Crippen LogP contribution in [0.2, 0.25) is 0 Å². The summed E-state index contributed by atoms with van der Waals surface area (Å²) in [6, 6.07) is 6.55. The first-order chi connectivity index (χ1) is 8.14. The van der Waals surface area contributed by atoms with Crippen LogP contribution in [0.4, 0.5) is 0 Å². The van der Waals surface area contributed by atoms with E-state index >= 15 is 0 Å². The van der Waals surface area contributed by atoms with Crippen LogP contribution in [-0.2, 0) is 9.13 Å². The summed E-state index contributed by atoms with van der Waals surface area (Å²) < 4.78 is 20.1. The number of hydrogen-bond donors (Lipinski definition) is 4. The molecule has 0 spiro atoms. The normalized spacial score (nSPS) is 11.7. The molecule has 1 aromatic rings. The molecule has 0 aliphatic rings. The van der Waals surface area contributed by atoms with Gasteiger partial charge < -0.3 is 19.6 Å². The fraction of sp³-hybridized carbons (Fsp3) is 0.250. The van der Waals surface area contributed by atoms with Crippen LogP contribution in [0.5, 0.6) is 0 Å². The third kappa shape index (κ3) is 8.18. The van der Waals surface area contributed by atoms with E-state index in [9.17, 15) is 9.13 Å². The van der Waals surface area contributed by atoms with Gasteiger partial charge in [-0.25, -0.2) is 0 Å². The molecule has 104 valence electrons. The minimum absolute atomic E-state index is 0. The SMILES string of the molecule is CSc1ccc(SC(P(=O)(O)O)P(=O)(O)O)cc1.[Na].[Na]. The van der Waals surface area contributed by atoms with E-state index in [1.165, 1.54) is 11.8 Å². The Labute approximate surface area is 169 Å². The van der Waals surface area contributed by atoms with Gasteiger partial charge in [-0.15, -0.1) is 11.8 Å². The van der Waals surface area contributed by atoms with Gasteiger partial charge in [0.1, 0.15) is 0 Å². The van der Waals surface area contributed by atoms with Crippen LogP contribution in [0.25, 0.3) is 0 Å². The smallest absolute Gasteiger partial charge is 0.323 e. The minimum atomic E-state index is -4.89. The molecule has 0 aliphatic carbocycles. The summed E-state index contributed by atoms with van der Waals surface area (Å²) in [5.41, 5.74) is 0. The van der Waals surface area contributed by atoms with Crippen molar-refractivity contribution in [3.8, 4) is 0 Å². The molecule has 0 bridgehead atoms. The summed E-state index contributed by atoms with van der Waals surface area (Å²) in [5, 5.41) is 0. The first-order valence-electron chi connectivity index (χ1n) is 4.56. The molecule has 0 atom stereocenters. The van der Waals surface area contributed by atoms with E-state index < -0.39 is 19.9 Å². The van der Waals surface area contributed by atoms with Crippen molar-refractivity contribution in [2.75, 3.05) is 6.26 Å². The van der Waals surface area contributed by atoms with E-state index in [0.717, 1.165) is 4.90 Å². The fourth-order valence-corrected chi connectivity index (χ4v) is 5.45. The maximum Gasteiger partial charge on any atom is 0.351 e. The standard InChI is InChI=1S/C8H12O6P2S2.2Na/c1-17-6-2-4-7(5-3-6)18-8(15(9,10)11)16(12,13)14;;/h2-5,8H,1H3,(H2,9,10,11)(H2,12,13,14);;. The largest absolute Gasteiger partial charge is 0.351 e. The van der Waals surface area contributed by atoms with Gasteiger partial charge in [-0.1, -0.05) is 11.8 Å². The van der Waals surface area contributed by atoms with Crippen LogP contribution in [-0.4, -0.2) is 89.7 Å². The third-order valence-corrected chi connectivity index (χ3v) is 8.61. The van der Waals surface area contributed by atoms with Crippen LogP contribution >= 0.6 is 38.7 Å². The molecule has 0 saturated carbocycles. The topological polar surface area (TPSA) is 115 Å². The first-order valence-corrected chi connectivity index (χ1v) is 10.0. The zero-order valence-corrected chi connectivity index (χ0v) is 18.6. The van der Waals surface area contributed by atoms with Crippen LogP contribution in [0.1, 0.15) is 0 Å². The zero-order valence-electron chi connectivity index (χ0n) is 11.2. The average Bonchev–Trinajstić information content (AvgIpc) is 2.23. The minimum Gasteiger partial charge on any atom is -0.323 e. The molecule has 0 unspecified atom stereocenters. The van der Waals surface area contributed by atoms with E-state index in [1.54, 1.807) is 24.3 Å². The van der Waals surface area contributed by atoms with Gasteiger partial charge in [0.25, 0.3) is 0 Å². The molecule has 0 heterocycles. The fourth-order valence-electron chi connectivity index (χ4n) is 1.11. The summed E-state index contributed by atoms with van der Waals surface area (Å²) >= 11 is 1.98. The molecule has 4 N–H and O–H groups in total. The van der Waals surface area contributed by atoms with Crippen molar-refractivity contribution in [3.63, 3.8) is 0 Å². The van der Waals surface area contributed by atoms with Crippen molar-refractivity contribution < 1.29 is 28.7 Å². The molecular formula is C8H12Na2O6P2S2. The Morgan fingerprint density at radius 2 is 1.25 bits per heavy atom. The molecule has 0 aromatic heterocycles. The van der Waals surface area contributed by atoms with E-state index in [0.29, 0.717) is 16.7 Å². The Bertz CT molecular complexity index is 480. The predicted molar refractivity (Wildman–Crippen MR) is 83.5 cm³/mol. The van der Waals surface area contributed by atoms with Crippen molar-refractivity contribution in [3.05, 3.63) is 24.3 Å². The monoisotopic (exact) mass is 376 g/mol. The van der Waals surface area contributed by atoms with Gasteiger partial charge in [-0.2, -0.15) is 0 Å². The van der Waals surface area contributed by atoms with Crippen molar-refractivity contribution in [2.45, 2.75) is 14.5 Å². The molecule has 0 saturated heterocycles.